The molecule has 0 aliphatic carbocycles. The lowest BCUT2D eigenvalue weighted by Crippen LogP contribution is -2.58. The van der Waals surface area contributed by atoms with Crippen LogP contribution in [-0.4, -0.2) is 105 Å². The number of likely N-dealkylation sites (N-methyl/N-ethyl adjacent to an activating group) is 1. The molecule has 3 heterocycles. The molecule has 57 heavy (non-hydrogen) atoms. The minimum absolute atomic E-state index is 0.0637. The second-order valence-electron chi connectivity index (χ2n) is 14.7. The molecule has 6 rings (SSSR count). The summed E-state index contributed by atoms with van der Waals surface area (Å²) in [6.07, 6.45) is -4.22. The van der Waals surface area contributed by atoms with E-state index in [1.807, 2.05) is 18.2 Å². The molecule has 0 spiro atoms. The monoisotopic (exact) mass is 810 g/mol. The van der Waals surface area contributed by atoms with Crippen molar-refractivity contribution in [3.05, 3.63) is 107 Å². The number of ether oxygens (including phenoxy) is 2. The van der Waals surface area contributed by atoms with Crippen molar-refractivity contribution in [3.63, 3.8) is 0 Å². The Hall–Kier alpha value is -5.26. The largest absolute Gasteiger partial charge is 0.547 e. The first-order chi connectivity index (χ1) is 27.1. The molecule has 3 aromatic carbocycles. The van der Waals surface area contributed by atoms with E-state index in [0.29, 0.717) is 91.4 Å². The third kappa shape index (κ3) is 11.0. The van der Waals surface area contributed by atoms with Crippen LogP contribution in [0.3, 0.4) is 0 Å². The molecule has 2 fully saturated rings. The maximum absolute atomic E-state index is 13.9. The maximum atomic E-state index is 13.9. The number of rotatable bonds is 14. The van der Waals surface area contributed by atoms with Crippen LogP contribution in [-0.2, 0) is 31.5 Å². The average molecular weight is 811 g/mol. The van der Waals surface area contributed by atoms with Gasteiger partial charge in [0, 0.05) is 24.7 Å². The molecule has 0 saturated carbocycles. The van der Waals surface area contributed by atoms with Gasteiger partial charge < -0.3 is 33.7 Å². The molecule has 2 saturated heterocycles. The van der Waals surface area contributed by atoms with E-state index in [1.165, 1.54) is 6.92 Å². The Labute approximate surface area is 329 Å². The number of halogens is 3. The van der Waals surface area contributed by atoms with Gasteiger partial charge in [-0.15, -0.1) is 10.2 Å². The number of piperazine rings is 1. The van der Waals surface area contributed by atoms with Crippen LogP contribution < -0.4 is 19.5 Å². The lowest BCUT2D eigenvalue weighted by atomic mass is 9.89. The highest BCUT2D eigenvalue weighted by atomic mass is 32.2. The number of hydrogen-bond donors (Lipinski definition) is 1. The summed E-state index contributed by atoms with van der Waals surface area (Å²) in [6, 6.07) is 23.1. The second kappa shape index (κ2) is 17.5. The second-order valence-corrected chi connectivity index (χ2v) is 16.4. The van der Waals surface area contributed by atoms with Crippen LogP contribution >= 0.6 is 0 Å². The zero-order valence-electron chi connectivity index (χ0n) is 31.7. The molecule has 1 N–H and O–H groups in total. The number of piperidine rings is 1. The van der Waals surface area contributed by atoms with E-state index < -0.39 is 34.0 Å². The molecule has 1 amide bonds. The van der Waals surface area contributed by atoms with Gasteiger partial charge in [0.1, 0.15) is 12.3 Å². The number of carbonyl (C=O) groups excluding carboxylic acids is 2. The molecule has 1 atom stereocenters. The molecule has 304 valence electrons. The Morgan fingerprint density at radius 3 is 2.25 bits per heavy atom. The van der Waals surface area contributed by atoms with Gasteiger partial charge in [-0.2, -0.15) is 13.2 Å². The van der Waals surface area contributed by atoms with Crippen LogP contribution in [0.15, 0.2) is 84.9 Å². The number of quaternary nitrogens is 1. The van der Waals surface area contributed by atoms with Gasteiger partial charge >= 0.3 is 6.18 Å². The molecule has 4 aromatic rings. The maximum Gasteiger partial charge on any atom is 0.435 e. The zero-order valence-corrected chi connectivity index (χ0v) is 32.5. The van der Waals surface area contributed by atoms with Crippen LogP contribution in [0.2, 0.25) is 0 Å². The van der Waals surface area contributed by atoms with Crippen LogP contribution in [0.1, 0.15) is 52.9 Å². The highest BCUT2D eigenvalue weighted by Gasteiger charge is 2.34. The van der Waals surface area contributed by atoms with Gasteiger partial charge in [-0.05, 0) is 73.2 Å². The van der Waals surface area contributed by atoms with Gasteiger partial charge in [-0.1, -0.05) is 42.5 Å². The third-order valence-electron chi connectivity index (χ3n) is 10.5. The molecular weight excluding hydrogens is 766 g/mol. The molecule has 2 aliphatic heterocycles. The minimum atomic E-state index is -4.59. The lowest BCUT2D eigenvalue weighted by molar-refractivity contribution is -0.910. The Morgan fingerprint density at radius 2 is 1.63 bits per heavy atom. The predicted molar refractivity (Wildman–Crippen MR) is 204 cm³/mol. The Bertz CT molecular complexity index is 2110. The first-order valence-electron chi connectivity index (χ1n) is 18.6. The molecule has 1 aromatic heterocycles. The number of aromatic nitrogens is 2. The number of amides is 1. The number of carboxylic acid groups (broad SMARTS) is 1. The number of sulfonamides is 1. The first-order valence-corrected chi connectivity index (χ1v) is 20.3. The predicted octanol–water partition coefficient (Wildman–Crippen LogP) is 4.67. The zero-order chi connectivity index (χ0) is 40.8. The van der Waals surface area contributed by atoms with E-state index in [0.717, 1.165) is 17.7 Å². The van der Waals surface area contributed by atoms with Crippen LogP contribution in [0.4, 0.5) is 24.5 Å². The Morgan fingerprint density at radius 1 is 0.947 bits per heavy atom. The van der Waals surface area contributed by atoms with Crippen LogP contribution in [0.5, 0.6) is 11.6 Å². The van der Waals surface area contributed by atoms with E-state index in [4.69, 9.17) is 9.47 Å². The average Bonchev–Trinajstić information content (AvgIpc) is 3.18. The Balaban J connectivity index is 1.10. The van der Waals surface area contributed by atoms with Gasteiger partial charge in [0.25, 0.3) is 5.91 Å². The molecule has 0 bridgehead atoms. The smallest absolute Gasteiger partial charge is 0.435 e. The van der Waals surface area contributed by atoms with Crippen molar-refractivity contribution in [2.45, 2.75) is 43.7 Å². The van der Waals surface area contributed by atoms with E-state index >= 15 is 0 Å². The van der Waals surface area contributed by atoms with Crippen molar-refractivity contribution in [1.82, 2.24) is 15.1 Å². The van der Waals surface area contributed by atoms with Crippen LogP contribution in [0.25, 0.3) is 0 Å². The standard InChI is InChI=1S/C40H45F3N6O7S/c1-28(39(51)52)55-25-24-49(2)22-20-47(21-23-49)35-13-10-32(26-34(35)46-57(53,54)27-29-6-4-3-5-7-29)38(50)48-18-16-31(17-19-48)30-8-11-33(12-9-30)56-37-15-14-36(44-45-37)40(41,42)43/h3-15,26,28,31,46H,16-25,27H2,1-2H3/t28-/m0/s1. The molecule has 13 nitrogen and oxygen atoms in total. The summed E-state index contributed by atoms with van der Waals surface area (Å²) in [6.45, 7) is 5.87. The first kappa shape index (κ1) is 41.4. The summed E-state index contributed by atoms with van der Waals surface area (Å²) >= 11 is 0. The lowest BCUT2D eigenvalue weighted by Gasteiger charge is -2.43. The van der Waals surface area contributed by atoms with Gasteiger partial charge in [0.05, 0.1) is 69.0 Å². The van der Waals surface area contributed by atoms with Gasteiger partial charge in [-0.25, -0.2) is 8.42 Å². The SMILES string of the molecule is C[C@H](OCC[N+]1(C)CCN(c2ccc(C(=O)N3CCC(c4ccc(Oc5ccc(C(F)(F)F)nn5)cc4)CC3)cc2NS(=O)(=O)Cc2ccccc2)CC1)C(=O)[O-]. The number of nitrogens with zero attached hydrogens (tertiary/aromatic N) is 5. The van der Waals surface area contributed by atoms with Crippen molar-refractivity contribution in [1.29, 1.82) is 0 Å². The van der Waals surface area contributed by atoms with E-state index in [1.54, 1.807) is 59.5 Å². The summed E-state index contributed by atoms with van der Waals surface area (Å²) < 4.78 is 79.8. The van der Waals surface area contributed by atoms with E-state index in [2.05, 4.69) is 26.9 Å². The summed E-state index contributed by atoms with van der Waals surface area (Å²) in [5, 5.41) is 17.7. The molecule has 17 heteroatoms. The van der Waals surface area contributed by atoms with Crippen molar-refractivity contribution < 1.29 is 50.2 Å². The van der Waals surface area contributed by atoms with E-state index in [-0.39, 0.29) is 30.1 Å². The number of aliphatic carboxylic acids is 1. The number of carboxylic acids is 1. The molecule has 0 unspecified atom stereocenters. The summed E-state index contributed by atoms with van der Waals surface area (Å²) in [4.78, 5) is 28.8. The normalized spacial score (nSPS) is 16.9. The molecule has 0 radical (unpaired) electrons. The number of nitrogens with one attached hydrogen (secondary N) is 1. The highest BCUT2D eigenvalue weighted by molar-refractivity contribution is 7.91. The number of likely N-dealkylation sites (tertiary alicyclic amines) is 1. The number of alkyl halides is 3. The number of benzene rings is 3. The summed E-state index contributed by atoms with van der Waals surface area (Å²) in [5.41, 5.74) is 1.89. The fourth-order valence-electron chi connectivity index (χ4n) is 7.01. The summed E-state index contributed by atoms with van der Waals surface area (Å²) in [5.74, 6) is -1.22. The van der Waals surface area contributed by atoms with Crippen molar-refractivity contribution >= 4 is 33.3 Å². The van der Waals surface area contributed by atoms with Crippen LogP contribution in [0, 0.1) is 0 Å². The third-order valence-corrected chi connectivity index (χ3v) is 11.7. The van der Waals surface area contributed by atoms with Gasteiger partial charge in [0.2, 0.25) is 15.9 Å². The fraction of sp³-hybridized carbons (Fsp3) is 0.400. The Kier molecular flexibility index (Phi) is 12.7. The summed E-state index contributed by atoms with van der Waals surface area (Å²) in [7, 11) is -1.79. The minimum Gasteiger partial charge on any atom is -0.547 e. The topological polar surface area (TPSA) is 154 Å². The molecule has 2 aliphatic rings. The molecular formula is C40H45F3N6O7S. The highest BCUT2D eigenvalue weighted by Crippen LogP contribution is 2.34. The number of anilines is 2. The van der Waals surface area contributed by atoms with Crippen molar-refractivity contribution in [2.24, 2.45) is 0 Å². The van der Waals surface area contributed by atoms with Gasteiger partial charge in [0.15, 0.2) is 5.69 Å². The quantitative estimate of drug-likeness (QED) is 0.178. The number of hydrogen-bond acceptors (Lipinski definition) is 10. The van der Waals surface area contributed by atoms with Gasteiger partial charge in [-0.3, -0.25) is 9.52 Å². The van der Waals surface area contributed by atoms with Crippen molar-refractivity contribution in [2.75, 3.05) is 69.1 Å². The van der Waals surface area contributed by atoms with Crippen molar-refractivity contribution in [3.8, 4) is 11.6 Å². The number of carbonyl (C=O) groups is 2. The van der Waals surface area contributed by atoms with E-state index in [9.17, 15) is 36.3 Å². The fourth-order valence-corrected chi connectivity index (χ4v) is 8.21.